The molecule has 1 aliphatic heterocycles. The molecule has 1 aliphatic rings. The summed E-state index contributed by atoms with van der Waals surface area (Å²) in [5.41, 5.74) is 3.36. The third-order valence-corrected chi connectivity index (χ3v) is 5.04. The minimum Gasteiger partial charge on any atom is -0.343 e. The molecule has 0 N–H and O–H groups in total. The average molecular weight is 352 g/mol. The molecule has 0 bridgehead atoms. The molecule has 0 atom stereocenters. The molecule has 5 heteroatoms. The van der Waals surface area contributed by atoms with E-state index in [1.807, 2.05) is 23.4 Å². The first-order chi connectivity index (χ1) is 12.6. The van der Waals surface area contributed by atoms with E-state index >= 15 is 0 Å². The van der Waals surface area contributed by atoms with Crippen LogP contribution in [0.15, 0.2) is 42.7 Å². The number of carbonyl (C=O) groups is 1. The Balaban J connectivity index is 1.47. The molecule has 1 saturated heterocycles. The van der Waals surface area contributed by atoms with Gasteiger partial charge in [-0.05, 0) is 37.8 Å². The molecule has 1 aromatic carbocycles. The Morgan fingerprint density at radius 2 is 1.73 bits per heavy atom. The van der Waals surface area contributed by atoms with Crippen molar-refractivity contribution in [2.75, 3.05) is 20.1 Å². The largest absolute Gasteiger partial charge is 0.343 e. The molecule has 1 aromatic heterocycles. The summed E-state index contributed by atoms with van der Waals surface area (Å²) in [6.45, 7) is 5.09. The van der Waals surface area contributed by atoms with Gasteiger partial charge in [-0.3, -0.25) is 19.7 Å². The van der Waals surface area contributed by atoms with Crippen molar-refractivity contribution >= 4 is 5.91 Å². The van der Waals surface area contributed by atoms with E-state index in [4.69, 9.17) is 0 Å². The molecule has 138 valence electrons. The smallest absolute Gasteiger partial charge is 0.219 e. The van der Waals surface area contributed by atoms with Gasteiger partial charge in [-0.1, -0.05) is 30.3 Å². The van der Waals surface area contributed by atoms with Crippen LogP contribution in [-0.2, 0) is 24.3 Å². The summed E-state index contributed by atoms with van der Waals surface area (Å²) in [5, 5.41) is 0. The minimum atomic E-state index is 0.187. The number of rotatable bonds is 6. The Hall–Kier alpha value is -2.27. The van der Waals surface area contributed by atoms with Crippen LogP contribution in [-0.4, -0.2) is 45.8 Å². The summed E-state index contributed by atoms with van der Waals surface area (Å²) in [6, 6.07) is 10.5. The van der Waals surface area contributed by atoms with Crippen molar-refractivity contribution in [2.24, 2.45) is 5.92 Å². The predicted molar refractivity (Wildman–Crippen MR) is 102 cm³/mol. The Labute approximate surface area is 156 Å². The first-order valence-corrected chi connectivity index (χ1v) is 9.38. The van der Waals surface area contributed by atoms with Gasteiger partial charge in [-0.25, -0.2) is 0 Å². The van der Waals surface area contributed by atoms with E-state index in [-0.39, 0.29) is 5.91 Å². The zero-order valence-corrected chi connectivity index (χ0v) is 15.8. The summed E-state index contributed by atoms with van der Waals surface area (Å²) in [7, 11) is 2.10. The maximum absolute atomic E-state index is 11.4. The number of nitrogens with zero attached hydrogens (tertiary/aromatic N) is 4. The summed E-state index contributed by atoms with van der Waals surface area (Å²) in [4.78, 5) is 24.8. The maximum atomic E-state index is 11.4. The minimum absolute atomic E-state index is 0.187. The van der Waals surface area contributed by atoms with E-state index in [9.17, 15) is 4.79 Å². The highest BCUT2D eigenvalue weighted by atomic mass is 16.2. The third-order valence-electron chi connectivity index (χ3n) is 5.04. The van der Waals surface area contributed by atoms with Gasteiger partial charge in [-0.15, -0.1) is 0 Å². The molecule has 0 aliphatic carbocycles. The van der Waals surface area contributed by atoms with Crippen LogP contribution >= 0.6 is 0 Å². The maximum Gasteiger partial charge on any atom is 0.219 e. The average Bonchev–Trinajstić information content (AvgIpc) is 2.64. The Kier molecular flexibility index (Phi) is 6.34. The molecule has 0 unspecified atom stereocenters. The van der Waals surface area contributed by atoms with Gasteiger partial charge in [0.05, 0.1) is 17.6 Å². The van der Waals surface area contributed by atoms with Crippen LogP contribution in [0.1, 0.15) is 36.7 Å². The molecule has 3 rings (SSSR count). The summed E-state index contributed by atoms with van der Waals surface area (Å²) < 4.78 is 0. The fraction of sp³-hybridized carbons (Fsp3) is 0.476. The highest BCUT2D eigenvalue weighted by Gasteiger charge is 2.21. The van der Waals surface area contributed by atoms with Crippen molar-refractivity contribution in [3.63, 3.8) is 0 Å². The van der Waals surface area contributed by atoms with Crippen LogP contribution in [0.4, 0.5) is 0 Å². The number of carbonyl (C=O) groups excluding carboxylic acids is 1. The van der Waals surface area contributed by atoms with E-state index in [1.54, 1.807) is 6.92 Å². The lowest BCUT2D eigenvalue weighted by molar-refractivity contribution is -0.130. The summed E-state index contributed by atoms with van der Waals surface area (Å²) in [6.07, 6.45) is 6.90. The van der Waals surface area contributed by atoms with E-state index in [2.05, 4.69) is 46.2 Å². The van der Waals surface area contributed by atoms with Gasteiger partial charge in [0.1, 0.15) is 0 Å². The molecule has 2 aromatic rings. The Morgan fingerprint density at radius 1 is 1.08 bits per heavy atom. The van der Waals surface area contributed by atoms with Crippen molar-refractivity contribution < 1.29 is 4.79 Å². The zero-order chi connectivity index (χ0) is 18.4. The molecule has 0 saturated carbocycles. The Bertz CT molecular complexity index is 694. The zero-order valence-electron chi connectivity index (χ0n) is 15.8. The monoisotopic (exact) mass is 352 g/mol. The standard InChI is InChI=1S/C21H28N4O/c1-17(26)25-10-8-18(9-11-25)12-20-13-23-21(14-22-20)16-24(2)15-19-6-4-3-5-7-19/h3-7,13-14,18H,8-12,15-16H2,1-2H3. The van der Waals surface area contributed by atoms with Crippen molar-refractivity contribution in [3.8, 4) is 0 Å². The van der Waals surface area contributed by atoms with Crippen LogP contribution in [0, 0.1) is 5.92 Å². The normalized spacial score (nSPS) is 15.4. The van der Waals surface area contributed by atoms with Crippen LogP contribution in [0.5, 0.6) is 0 Å². The molecule has 0 radical (unpaired) electrons. The number of benzene rings is 1. The molecular formula is C21H28N4O. The molecule has 1 fully saturated rings. The second kappa shape index (κ2) is 8.90. The fourth-order valence-corrected chi connectivity index (χ4v) is 3.54. The quantitative estimate of drug-likeness (QED) is 0.802. The van der Waals surface area contributed by atoms with Crippen molar-refractivity contribution in [1.82, 2.24) is 19.8 Å². The van der Waals surface area contributed by atoms with Crippen molar-refractivity contribution in [2.45, 2.75) is 39.3 Å². The van der Waals surface area contributed by atoms with Crippen LogP contribution < -0.4 is 0 Å². The molecule has 1 amide bonds. The number of hydrogen-bond acceptors (Lipinski definition) is 4. The lowest BCUT2D eigenvalue weighted by Crippen LogP contribution is -2.37. The van der Waals surface area contributed by atoms with Crippen LogP contribution in [0.3, 0.4) is 0 Å². The highest BCUT2D eigenvalue weighted by molar-refractivity contribution is 5.73. The van der Waals surface area contributed by atoms with Gasteiger partial charge in [0.15, 0.2) is 0 Å². The molecular weight excluding hydrogens is 324 g/mol. The van der Waals surface area contributed by atoms with E-state index in [1.165, 1.54) is 5.56 Å². The van der Waals surface area contributed by atoms with Gasteiger partial charge in [0.2, 0.25) is 5.91 Å². The van der Waals surface area contributed by atoms with Gasteiger partial charge in [0.25, 0.3) is 0 Å². The molecule has 2 heterocycles. The number of likely N-dealkylation sites (tertiary alicyclic amines) is 1. The SMILES string of the molecule is CC(=O)N1CCC(Cc2cnc(CN(C)Cc3ccccc3)cn2)CC1. The first kappa shape index (κ1) is 18.5. The third kappa shape index (κ3) is 5.36. The predicted octanol–water partition coefficient (Wildman–Crippen LogP) is 2.91. The van der Waals surface area contributed by atoms with E-state index < -0.39 is 0 Å². The van der Waals surface area contributed by atoms with Crippen LogP contribution in [0.2, 0.25) is 0 Å². The highest BCUT2D eigenvalue weighted by Crippen LogP contribution is 2.20. The lowest BCUT2D eigenvalue weighted by atomic mass is 9.92. The van der Waals surface area contributed by atoms with E-state index in [0.29, 0.717) is 5.92 Å². The summed E-state index contributed by atoms with van der Waals surface area (Å²) >= 11 is 0. The van der Waals surface area contributed by atoms with Gasteiger partial charge in [-0.2, -0.15) is 0 Å². The summed E-state index contributed by atoms with van der Waals surface area (Å²) in [5.74, 6) is 0.790. The van der Waals surface area contributed by atoms with Gasteiger partial charge < -0.3 is 4.90 Å². The number of amides is 1. The van der Waals surface area contributed by atoms with Gasteiger partial charge >= 0.3 is 0 Å². The topological polar surface area (TPSA) is 49.3 Å². The fourth-order valence-electron chi connectivity index (χ4n) is 3.54. The Morgan fingerprint density at radius 3 is 2.35 bits per heavy atom. The number of piperidine rings is 1. The number of hydrogen-bond donors (Lipinski definition) is 0. The molecule has 26 heavy (non-hydrogen) atoms. The van der Waals surface area contributed by atoms with Gasteiger partial charge in [0, 0.05) is 39.3 Å². The second-order valence-electron chi connectivity index (χ2n) is 7.31. The first-order valence-electron chi connectivity index (χ1n) is 9.38. The lowest BCUT2D eigenvalue weighted by Gasteiger charge is -2.31. The van der Waals surface area contributed by atoms with Crippen LogP contribution in [0.25, 0.3) is 0 Å². The molecule has 0 spiro atoms. The van der Waals surface area contributed by atoms with Crippen molar-refractivity contribution in [3.05, 3.63) is 59.7 Å². The van der Waals surface area contributed by atoms with Crippen molar-refractivity contribution in [1.29, 1.82) is 0 Å². The molecule has 5 nitrogen and oxygen atoms in total. The van der Waals surface area contributed by atoms with E-state index in [0.717, 1.165) is 56.8 Å². The number of aromatic nitrogens is 2. The second-order valence-corrected chi connectivity index (χ2v) is 7.31.